The molecule has 1 aromatic heterocycles. The van der Waals surface area contributed by atoms with Crippen molar-refractivity contribution in [1.29, 1.82) is 0 Å². The summed E-state index contributed by atoms with van der Waals surface area (Å²) < 4.78 is 0. The van der Waals surface area contributed by atoms with Crippen molar-refractivity contribution in [3.8, 4) is 0 Å². The van der Waals surface area contributed by atoms with Gasteiger partial charge in [-0.05, 0) is 41.2 Å². The van der Waals surface area contributed by atoms with Crippen molar-refractivity contribution in [2.24, 2.45) is 0 Å². The predicted molar refractivity (Wildman–Crippen MR) is 97.1 cm³/mol. The third-order valence-corrected chi connectivity index (χ3v) is 4.22. The monoisotopic (exact) mass is 289 g/mol. The van der Waals surface area contributed by atoms with E-state index in [1.807, 2.05) is 0 Å². The molecule has 1 heteroatoms. The van der Waals surface area contributed by atoms with E-state index in [2.05, 4.69) is 93.4 Å². The minimum Gasteiger partial charge on any atom is -0.355 e. The Morgan fingerprint density at radius 1 is 0.864 bits per heavy atom. The van der Waals surface area contributed by atoms with Crippen LogP contribution in [0.4, 0.5) is 0 Å². The van der Waals surface area contributed by atoms with Crippen molar-refractivity contribution >= 4 is 23.1 Å². The molecule has 2 aromatic carbocycles. The molecule has 0 unspecified atom stereocenters. The van der Waals surface area contributed by atoms with E-state index >= 15 is 0 Å². The zero-order valence-corrected chi connectivity index (χ0v) is 13.8. The number of hydrogen-bond acceptors (Lipinski definition) is 0. The fourth-order valence-electron chi connectivity index (χ4n) is 2.74. The van der Waals surface area contributed by atoms with Crippen LogP contribution in [0.15, 0.2) is 48.5 Å². The molecule has 0 aliphatic heterocycles. The normalized spacial score (nSPS) is 12.4. The molecule has 0 atom stereocenters. The Morgan fingerprint density at radius 2 is 1.55 bits per heavy atom. The van der Waals surface area contributed by atoms with Gasteiger partial charge < -0.3 is 4.98 Å². The summed E-state index contributed by atoms with van der Waals surface area (Å²) in [7, 11) is 0. The van der Waals surface area contributed by atoms with Gasteiger partial charge in [0.1, 0.15) is 0 Å². The lowest BCUT2D eigenvalue weighted by Gasteiger charge is -2.18. The molecule has 1 nitrogen and oxygen atoms in total. The van der Waals surface area contributed by atoms with Crippen molar-refractivity contribution in [2.75, 3.05) is 0 Å². The maximum Gasteiger partial charge on any atom is 0.0461 e. The first kappa shape index (κ1) is 14.6. The predicted octanol–water partition coefficient (Wildman–Crippen LogP) is 5.94. The molecule has 0 saturated carbocycles. The molecule has 3 aromatic rings. The van der Waals surface area contributed by atoms with Gasteiger partial charge in [-0.25, -0.2) is 0 Å². The summed E-state index contributed by atoms with van der Waals surface area (Å²) in [5.41, 5.74) is 6.48. The third-order valence-electron chi connectivity index (χ3n) is 4.22. The highest BCUT2D eigenvalue weighted by Crippen LogP contribution is 2.24. The van der Waals surface area contributed by atoms with Crippen molar-refractivity contribution < 1.29 is 0 Å². The van der Waals surface area contributed by atoms with Crippen LogP contribution in [-0.4, -0.2) is 4.98 Å². The topological polar surface area (TPSA) is 15.8 Å². The minimum atomic E-state index is 0.204. The van der Waals surface area contributed by atoms with Crippen LogP contribution in [0.25, 0.3) is 23.1 Å². The van der Waals surface area contributed by atoms with Crippen molar-refractivity contribution in [2.45, 2.75) is 33.1 Å². The van der Waals surface area contributed by atoms with E-state index in [-0.39, 0.29) is 5.41 Å². The molecule has 0 saturated heterocycles. The summed E-state index contributed by atoms with van der Waals surface area (Å²) in [5, 5.41) is 1.30. The summed E-state index contributed by atoms with van der Waals surface area (Å²) in [5.74, 6) is 0. The van der Waals surface area contributed by atoms with Gasteiger partial charge in [0.25, 0.3) is 0 Å². The van der Waals surface area contributed by atoms with Gasteiger partial charge in [0.15, 0.2) is 0 Å². The van der Waals surface area contributed by atoms with Crippen LogP contribution in [0.5, 0.6) is 0 Å². The quantitative estimate of drug-likeness (QED) is 0.600. The molecular weight excluding hydrogens is 266 g/mol. The van der Waals surface area contributed by atoms with E-state index < -0.39 is 0 Å². The standard InChI is InChI=1S/C21H23N/c1-15-18-7-5-6-8-20(18)22-19(15)14-11-16-9-12-17(13-10-16)21(2,3)4/h5-14,22H,1-4H3. The van der Waals surface area contributed by atoms with E-state index in [9.17, 15) is 0 Å². The first-order chi connectivity index (χ1) is 10.4. The van der Waals surface area contributed by atoms with Gasteiger partial charge >= 0.3 is 0 Å². The maximum absolute atomic E-state index is 3.48. The van der Waals surface area contributed by atoms with Crippen molar-refractivity contribution in [1.82, 2.24) is 4.98 Å². The largest absolute Gasteiger partial charge is 0.355 e. The molecule has 1 heterocycles. The Morgan fingerprint density at radius 3 is 2.18 bits per heavy atom. The first-order valence-corrected chi connectivity index (χ1v) is 7.81. The van der Waals surface area contributed by atoms with Gasteiger partial charge in [-0.15, -0.1) is 0 Å². The van der Waals surface area contributed by atoms with Gasteiger partial charge in [-0.3, -0.25) is 0 Å². The smallest absolute Gasteiger partial charge is 0.0461 e. The lowest BCUT2D eigenvalue weighted by atomic mass is 9.87. The van der Waals surface area contributed by atoms with Crippen LogP contribution < -0.4 is 0 Å². The number of H-pyrrole nitrogens is 1. The van der Waals surface area contributed by atoms with E-state index in [1.165, 1.54) is 33.3 Å². The van der Waals surface area contributed by atoms with Gasteiger partial charge in [-0.2, -0.15) is 0 Å². The number of benzene rings is 2. The average molecular weight is 289 g/mol. The molecule has 0 radical (unpaired) electrons. The highest BCUT2D eigenvalue weighted by Gasteiger charge is 2.12. The lowest BCUT2D eigenvalue weighted by Crippen LogP contribution is -2.10. The second kappa shape index (κ2) is 5.49. The maximum atomic E-state index is 3.48. The molecular formula is C21H23N. The van der Waals surface area contributed by atoms with Crippen LogP contribution in [0.3, 0.4) is 0 Å². The zero-order chi connectivity index (χ0) is 15.7. The number of rotatable bonds is 2. The molecule has 0 spiro atoms. The van der Waals surface area contributed by atoms with Crippen LogP contribution in [0.2, 0.25) is 0 Å². The Labute approximate surface area is 132 Å². The average Bonchev–Trinajstić information content (AvgIpc) is 2.82. The van der Waals surface area contributed by atoms with Crippen molar-refractivity contribution in [3.63, 3.8) is 0 Å². The Kier molecular flexibility index (Phi) is 3.66. The lowest BCUT2D eigenvalue weighted by molar-refractivity contribution is 0.590. The van der Waals surface area contributed by atoms with Crippen LogP contribution in [-0.2, 0) is 5.41 Å². The molecule has 1 N–H and O–H groups in total. The van der Waals surface area contributed by atoms with Crippen LogP contribution in [0, 0.1) is 6.92 Å². The molecule has 0 fully saturated rings. The fourth-order valence-corrected chi connectivity index (χ4v) is 2.74. The summed E-state index contributed by atoms with van der Waals surface area (Å²) in [6, 6.07) is 17.3. The molecule has 112 valence electrons. The summed E-state index contributed by atoms with van der Waals surface area (Å²) in [4.78, 5) is 3.48. The number of aromatic nitrogens is 1. The fraction of sp³-hybridized carbons (Fsp3) is 0.238. The Balaban J connectivity index is 1.88. The van der Waals surface area contributed by atoms with E-state index in [0.717, 1.165) is 0 Å². The van der Waals surface area contributed by atoms with Gasteiger partial charge in [0, 0.05) is 16.6 Å². The molecule has 3 rings (SSSR count). The summed E-state index contributed by atoms with van der Waals surface area (Å²) in [6.45, 7) is 8.89. The molecule has 0 aliphatic rings. The second-order valence-electron chi connectivity index (χ2n) is 6.91. The SMILES string of the molecule is Cc1c(C=Cc2ccc(C(C)(C)C)cc2)[nH]c2ccccc12. The molecule has 0 amide bonds. The van der Waals surface area contributed by atoms with Gasteiger partial charge in [0.2, 0.25) is 0 Å². The van der Waals surface area contributed by atoms with E-state index in [1.54, 1.807) is 0 Å². The van der Waals surface area contributed by atoms with Crippen LogP contribution in [0.1, 0.15) is 43.2 Å². The minimum absolute atomic E-state index is 0.204. The number of aryl methyl sites for hydroxylation is 1. The molecule has 22 heavy (non-hydrogen) atoms. The highest BCUT2D eigenvalue weighted by atomic mass is 14.7. The Bertz CT molecular complexity index is 811. The number of fused-ring (bicyclic) bond motifs is 1. The molecule has 0 aliphatic carbocycles. The van der Waals surface area contributed by atoms with E-state index in [4.69, 9.17) is 0 Å². The molecule has 0 bridgehead atoms. The van der Waals surface area contributed by atoms with Gasteiger partial charge in [-0.1, -0.05) is 69.3 Å². The Hall–Kier alpha value is -2.28. The first-order valence-electron chi connectivity index (χ1n) is 7.81. The third kappa shape index (κ3) is 2.85. The number of aromatic amines is 1. The van der Waals surface area contributed by atoms with Gasteiger partial charge in [0.05, 0.1) is 0 Å². The summed E-state index contributed by atoms with van der Waals surface area (Å²) >= 11 is 0. The number of hydrogen-bond donors (Lipinski definition) is 1. The van der Waals surface area contributed by atoms with E-state index in [0.29, 0.717) is 0 Å². The van der Waals surface area contributed by atoms with Crippen molar-refractivity contribution in [3.05, 3.63) is 70.9 Å². The second-order valence-corrected chi connectivity index (χ2v) is 6.91. The zero-order valence-electron chi connectivity index (χ0n) is 13.8. The highest BCUT2D eigenvalue weighted by molar-refractivity contribution is 5.88. The van der Waals surface area contributed by atoms with Crippen LogP contribution >= 0.6 is 0 Å². The summed E-state index contributed by atoms with van der Waals surface area (Å²) in [6.07, 6.45) is 4.34. The number of nitrogens with one attached hydrogen (secondary N) is 1. The number of para-hydroxylation sites is 1.